The normalized spacial score (nSPS) is 13.1. The number of ether oxygens (including phenoxy) is 1. The molecule has 0 heterocycles. The summed E-state index contributed by atoms with van der Waals surface area (Å²) in [4.78, 5) is 22.1. The summed E-state index contributed by atoms with van der Waals surface area (Å²) in [6.45, 7) is 3.85. The first kappa shape index (κ1) is 17.0. The highest BCUT2D eigenvalue weighted by atomic mass is 16.5. The molecule has 0 aromatic carbocycles. The molecule has 0 aliphatic rings. The quantitative estimate of drug-likeness (QED) is 0.300. The third-order valence-corrected chi connectivity index (χ3v) is 2.53. The molecule has 3 N–H and O–H groups in total. The fourth-order valence-corrected chi connectivity index (χ4v) is 1.51. The second-order valence-electron chi connectivity index (χ2n) is 4.29. The molecule has 0 bridgehead atoms. The third kappa shape index (κ3) is 7.09. The summed E-state index contributed by atoms with van der Waals surface area (Å²) in [5.41, 5.74) is 4.51. The molecule has 106 valence electrons. The lowest BCUT2D eigenvalue weighted by atomic mass is 10.1. The first-order chi connectivity index (χ1) is 8.92. The molecule has 0 aromatic heterocycles. The number of carboxylic acid groups (broad SMARTS) is 1. The van der Waals surface area contributed by atoms with Gasteiger partial charge in [0.15, 0.2) is 5.57 Å². The maximum atomic E-state index is 11.5. The average Bonchev–Trinajstić information content (AvgIpc) is 2.29. The Balaban J connectivity index is 4.32. The van der Waals surface area contributed by atoms with Gasteiger partial charge < -0.3 is 15.6 Å². The molecule has 0 rings (SSSR count). The summed E-state index contributed by atoms with van der Waals surface area (Å²) in [7, 11) is 0. The number of esters is 1. The van der Waals surface area contributed by atoms with E-state index in [1.165, 1.54) is 6.07 Å². The van der Waals surface area contributed by atoms with Crippen molar-refractivity contribution >= 4 is 11.9 Å². The molecule has 1 atom stereocenters. The monoisotopic (exact) mass is 268 g/mol. The topological polar surface area (TPSA) is 113 Å². The van der Waals surface area contributed by atoms with Crippen molar-refractivity contribution in [1.29, 1.82) is 5.26 Å². The number of nitrogens with two attached hydrogens (primary N) is 1. The van der Waals surface area contributed by atoms with Gasteiger partial charge in [-0.25, -0.2) is 4.79 Å². The molecule has 0 saturated heterocycles. The minimum Gasteiger partial charge on any atom is -0.477 e. The largest absolute Gasteiger partial charge is 0.477 e. The summed E-state index contributed by atoms with van der Waals surface area (Å²) < 4.78 is 5.09. The molecule has 6 heteroatoms. The van der Waals surface area contributed by atoms with Crippen LogP contribution in [0, 0.1) is 11.3 Å². The number of nitriles is 1. The SMILES string of the molecule is CCCCCC(C)OC(=O)CC(N)=C(C#N)C(=O)O. The molecule has 1 unspecified atom stereocenters. The van der Waals surface area contributed by atoms with Gasteiger partial charge in [0, 0.05) is 5.70 Å². The van der Waals surface area contributed by atoms with Gasteiger partial charge in [0.25, 0.3) is 0 Å². The zero-order valence-corrected chi connectivity index (χ0v) is 11.3. The lowest BCUT2D eigenvalue weighted by molar-refractivity contribution is -0.147. The van der Waals surface area contributed by atoms with Crippen LogP contribution in [0.5, 0.6) is 0 Å². The van der Waals surface area contributed by atoms with Gasteiger partial charge in [0.2, 0.25) is 0 Å². The molecule has 0 fully saturated rings. The zero-order chi connectivity index (χ0) is 14.8. The Bertz CT molecular complexity index is 396. The smallest absolute Gasteiger partial charge is 0.348 e. The van der Waals surface area contributed by atoms with Crippen LogP contribution in [0.3, 0.4) is 0 Å². The number of hydrogen-bond donors (Lipinski definition) is 2. The van der Waals surface area contributed by atoms with Crippen molar-refractivity contribution < 1.29 is 19.4 Å². The fourth-order valence-electron chi connectivity index (χ4n) is 1.51. The van der Waals surface area contributed by atoms with Crippen molar-refractivity contribution in [3.8, 4) is 6.07 Å². The van der Waals surface area contributed by atoms with Crippen LogP contribution in [0.2, 0.25) is 0 Å². The first-order valence-electron chi connectivity index (χ1n) is 6.23. The number of carboxylic acids is 1. The van der Waals surface area contributed by atoms with Gasteiger partial charge in [-0.3, -0.25) is 4.79 Å². The molecule has 19 heavy (non-hydrogen) atoms. The molecule has 0 amide bonds. The molecule has 0 spiro atoms. The number of nitrogens with zero attached hydrogens (tertiary/aromatic N) is 1. The van der Waals surface area contributed by atoms with Crippen molar-refractivity contribution in [1.82, 2.24) is 0 Å². The predicted octanol–water partition coefficient (Wildman–Crippen LogP) is 1.71. The Morgan fingerprint density at radius 1 is 1.42 bits per heavy atom. The van der Waals surface area contributed by atoms with Crippen LogP contribution in [0.25, 0.3) is 0 Å². The fraction of sp³-hybridized carbons (Fsp3) is 0.615. The van der Waals surface area contributed by atoms with E-state index in [1.807, 2.05) is 0 Å². The predicted molar refractivity (Wildman–Crippen MR) is 68.8 cm³/mol. The number of rotatable bonds is 8. The van der Waals surface area contributed by atoms with Crippen molar-refractivity contribution in [2.45, 2.75) is 52.1 Å². The van der Waals surface area contributed by atoms with Gasteiger partial charge in [0.1, 0.15) is 6.07 Å². The summed E-state index contributed by atoms with van der Waals surface area (Å²) in [5.74, 6) is -2.06. The standard InChI is InChI=1S/C13H20N2O4/c1-3-4-5-6-9(2)19-12(16)7-11(15)10(8-14)13(17)18/h9H,3-7,15H2,1-2H3,(H,17,18). The highest BCUT2D eigenvalue weighted by Gasteiger charge is 2.16. The highest BCUT2D eigenvalue weighted by Crippen LogP contribution is 2.09. The van der Waals surface area contributed by atoms with Gasteiger partial charge in [-0.2, -0.15) is 5.26 Å². The first-order valence-corrected chi connectivity index (χ1v) is 6.23. The Morgan fingerprint density at radius 3 is 2.53 bits per heavy atom. The van der Waals surface area contributed by atoms with E-state index in [0.717, 1.165) is 25.7 Å². The number of carbonyl (C=O) groups excluding carboxylic acids is 1. The van der Waals surface area contributed by atoms with Crippen LogP contribution >= 0.6 is 0 Å². The summed E-state index contributed by atoms with van der Waals surface area (Å²) in [5, 5.41) is 17.3. The Morgan fingerprint density at radius 2 is 2.05 bits per heavy atom. The van der Waals surface area contributed by atoms with Crippen LogP contribution in [0.4, 0.5) is 0 Å². The second kappa shape index (κ2) is 8.97. The van der Waals surface area contributed by atoms with Crippen molar-refractivity contribution in [3.63, 3.8) is 0 Å². The summed E-state index contributed by atoms with van der Waals surface area (Å²) >= 11 is 0. The van der Waals surface area contributed by atoms with Crippen LogP contribution in [0.1, 0.15) is 46.0 Å². The number of carbonyl (C=O) groups is 2. The van der Waals surface area contributed by atoms with E-state index in [4.69, 9.17) is 20.8 Å². The highest BCUT2D eigenvalue weighted by molar-refractivity contribution is 5.92. The zero-order valence-electron chi connectivity index (χ0n) is 11.3. The van der Waals surface area contributed by atoms with Crippen molar-refractivity contribution in [3.05, 3.63) is 11.3 Å². The molecule has 0 saturated carbocycles. The molecule has 6 nitrogen and oxygen atoms in total. The number of hydrogen-bond acceptors (Lipinski definition) is 5. The van der Waals surface area contributed by atoms with E-state index >= 15 is 0 Å². The van der Waals surface area contributed by atoms with Gasteiger partial charge in [-0.05, 0) is 19.8 Å². The van der Waals surface area contributed by atoms with Crippen LogP contribution in [-0.2, 0) is 14.3 Å². The maximum Gasteiger partial charge on any atom is 0.348 e. The van der Waals surface area contributed by atoms with E-state index < -0.39 is 17.5 Å². The second-order valence-corrected chi connectivity index (χ2v) is 4.29. The molecule has 0 aliphatic heterocycles. The molecular weight excluding hydrogens is 248 g/mol. The number of unbranched alkanes of at least 4 members (excludes halogenated alkanes) is 2. The molecule has 0 aliphatic carbocycles. The Hall–Kier alpha value is -2.03. The van der Waals surface area contributed by atoms with E-state index in [0.29, 0.717) is 0 Å². The molecule has 0 aromatic rings. The summed E-state index contributed by atoms with van der Waals surface area (Å²) in [6.07, 6.45) is 3.26. The molecular formula is C13H20N2O4. The average molecular weight is 268 g/mol. The minimum atomic E-state index is -1.44. The van der Waals surface area contributed by atoms with Gasteiger partial charge in [0.05, 0.1) is 12.5 Å². The lowest BCUT2D eigenvalue weighted by Crippen LogP contribution is -2.19. The minimum absolute atomic E-state index is 0.234. The van der Waals surface area contributed by atoms with E-state index in [1.54, 1.807) is 6.92 Å². The van der Waals surface area contributed by atoms with Crippen molar-refractivity contribution in [2.24, 2.45) is 5.73 Å². The summed E-state index contributed by atoms with van der Waals surface area (Å²) in [6, 6.07) is 1.45. The van der Waals surface area contributed by atoms with Gasteiger partial charge in [-0.15, -0.1) is 0 Å². The Kier molecular flexibility index (Phi) is 8.02. The maximum absolute atomic E-state index is 11.5. The van der Waals surface area contributed by atoms with E-state index in [-0.39, 0.29) is 18.2 Å². The van der Waals surface area contributed by atoms with Crippen LogP contribution in [0.15, 0.2) is 11.3 Å². The van der Waals surface area contributed by atoms with Crippen LogP contribution in [-0.4, -0.2) is 23.1 Å². The lowest BCUT2D eigenvalue weighted by Gasteiger charge is -2.13. The van der Waals surface area contributed by atoms with E-state index in [9.17, 15) is 9.59 Å². The van der Waals surface area contributed by atoms with E-state index in [2.05, 4.69) is 6.92 Å². The third-order valence-electron chi connectivity index (χ3n) is 2.53. The van der Waals surface area contributed by atoms with Gasteiger partial charge in [-0.1, -0.05) is 19.8 Å². The molecule has 0 radical (unpaired) electrons. The Labute approximate surface area is 112 Å². The number of aliphatic carboxylic acids is 1. The van der Waals surface area contributed by atoms with Crippen LogP contribution < -0.4 is 5.73 Å². The van der Waals surface area contributed by atoms with Gasteiger partial charge >= 0.3 is 11.9 Å². The van der Waals surface area contributed by atoms with Crippen molar-refractivity contribution in [2.75, 3.05) is 0 Å².